The molecule has 3 atom stereocenters. The average Bonchev–Trinajstić information content (AvgIpc) is 2.94. The molecule has 0 spiro atoms. The Morgan fingerprint density at radius 2 is 2.28 bits per heavy atom. The fourth-order valence-corrected chi connectivity index (χ4v) is 4.17. The normalized spacial score (nSPS) is 29.8. The van der Waals surface area contributed by atoms with Crippen molar-refractivity contribution in [1.82, 2.24) is 9.97 Å². The number of nitrogens with two attached hydrogens (primary N) is 1. The molecule has 2 fully saturated rings. The summed E-state index contributed by atoms with van der Waals surface area (Å²) < 4.78 is 0.919. The Balaban J connectivity index is 1.71. The molecular formula is C13H19BrN4. The van der Waals surface area contributed by atoms with Gasteiger partial charge in [-0.1, -0.05) is 6.42 Å². The van der Waals surface area contributed by atoms with Crippen molar-refractivity contribution in [1.29, 1.82) is 0 Å². The molecule has 18 heavy (non-hydrogen) atoms. The van der Waals surface area contributed by atoms with Crippen LogP contribution in [-0.4, -0.2) is 23.6 Å². The summed E-state index contributed by atoms with van der Waals surface area (Å²) in [6.45, 7) is 1.08. The van der Waals surface area contributed by atoms with Crippen molar-refractivity contribution in [2.24, 2.45) is 17.8 Å². The molecular weight excluding hydrogens is 292 g/mol. The molecule has 0 radical (unpaired) electrons. The van der Waals surface area contributed by atoms with Gasteiger partial charge < -0.3 is 10.6 Å². The first-order valence-electron chi connectivity index (χ1n) is 6.62. The van der Waals surface area contributed by atoms with Crippen LogP contribution >= 0.6 is 15.9 Å². The van der Waals surface area contributed by atoms with Crippen molar-refractivity contribution < 1.29 is 0 Å². The summed E-state index contributed by atoms with van der Waals surface area (Å²) in [5.41, 5.74) is 5.66. The largest absolute Gasteiger partial charge is 0.368 e. The molecule has 5 heteroatoms. The Bertz CT molecular complexity index is 451. The molecule has 2 N–H and O–H groups in total. The van der Waals surface area contributed by atoms with E-state index in [1.807, 2.05) is 0 Å². The fourth-order valence-electron chi connectivity index (χ4n) is 3.68. The van der Waals surface area contributed by atoms with E-state index in [0.29, 0.717) is 5.95 Å². The third-order valence-electron chi connectivity index (χ3n) is 4.50. The first kappa shape index (κ1) is 12.2. The predicted molar refractivity (Wildman–Crippen MR) is 76.4 cm³/mol. The van der Waals surface area contributed by atoms with Crippen LogP contribution in [0, 0.1) is 17.8 Å². The number of halogens is 1. The minimum absolute atomic E-state index is 0.341. The molecule has 0 aromatic carbocycles. The van der Waals surface area contributed by atoms with E-state index in [1.54, 1.807) is 6.20 Å². The Morgan fingerprint density at radius 1 is 1.44 bits per heavy atom. The minimum atomic E-state index is 0.341. The summed E-state index contributed by atoms with van der Waals surface area (Å²) in [7, 11) is 2.10. The zero-order chi connectivity index (χ0) is 12.7. The molecule has 2 aliphatic carbocycles. The summed E-state index contributed by atoms with van der Waals surface area (Å²) >= 11 is 3.50. The van der Waals surface area contributed by atoms with Gasteiger partial charge in [-0.3, -0.25) is 0 Å². The van der Waals surface area contributed by atoms with Crippen molar-refractivity contribution in [3.63, 3.8) is 0 Å². The van der Waals surface area contributed by atoms with Crippen LogP contribution < -0.4 is 10.6 Å². The highest BCUT2D eigenvalue weighted by Gasteiger charge is 2.39. The van der Waals surface area contributed by atoms with Gasteiger partial charge in [0.05, 0.1) is 4.47 Å². The molecule has 2 bridgehead atoms. The molecule has 2 aliphatic rings. The van der Waals surface area contributed by atoms with Gasteiger partial charge in [0.2, 0.25) is 5.95 Å². The summed E-state index contributed by atoms with van der Waals surface area (Å²) in [4.78, 5) is 10.5. The van der Waals surface area contributed by atoms with Gasteiger partial charge in [-0.05, 0) is 52.9 Å². The lowest BCUT2D eigenvalue weighted by molar-refractivity contribution is 0.337. The Labute approximate surface area is 116 Å². The number of hydrogen-bond acceptors (Lipinski definition) is 4. The smallest absolute Gasteiger partial charge is 0.222 e. The number of hydrogen-bond donors (Lipinski definition) is 1. The molecule has 3 unspecified atom stereocenters. The van der Waals surface area contributed by atoms with Gasteiger partial charge >= 0.3 is 0 Å². The summed E-state index contributed by atoms with van der Waals surface area (Å²) in [6.07, 6.45) is 7.46. The van der Waals surface area contributed by atoms with Crippen molar-refractivity contribution >= 4 is 27.7 Å². The molecule has 1 heterocycles. The van der Waals surface area contributed by atoms with Crippen LogP contribution in [-0.2, 0) is 0 Å². The third kappa shape index (κ3) is 2.20. The summed E-state index contributed by atoms with van der Waals surface area (Å²) in [5, 5.41) is 0. The van der Waals surface area contributed by atoms with E-state index in [0.717, 1.165) is 34.6 Å². The van der Waals surface area contributed by atoms with Gasteiger partial charge in [0.25, 0.3) is 0 Å². The molecule has 98 valence electrons. The van der Waals surface area contributed by atoms with Crippen LogP contribution in [0.25, 0.3) is 0 Å². The second kappa shape index (κ2) is 4.68. The number of anilines is 2. The van der Waals surface area contributed by atoms with Crippen LogP contribution in [0.5, 0.6) is 0 Å². The van der Waals surface area contributed by atoms with Crippen LogP contribution in [0.3, 0.4) is 0 Å². The van der Waals surface area contributed by atoms with E-state index in [1.165, 1.54) is 25.7 Å². The molecule has 0 saturated heterocycles. The van der Waals surface area contributed by atoms with Gasteiger partial charge in [0.15, 0.2) is 0 Å². The van der Waals surface area contributed by atoms with Gasteiger partial charge in [-0.2, -0.15) is 4.98 Å². The molecule has 2 saturated carbocycles. The maximum Gasteiger partial charge on any atom is 0.222 e. The molecule has 0 aliphatic heterocycles. The fraction of sp³-hybridized carbons (Fsp3) is 0.692. The Hall–Kier alpha value is -0.840. The van der Waals surface area contributed by atoms with E-state index in [4.69, 9.17) is 5.73 Å². The quantitative estimate of drug-likeness (QED) is 0.932. The third-order valence-corrected chi connectivity index (χ3v) is 5.06. The van der Waals surface area contributed by atoms with E-state index in [9.17, 15) is 0 Å². The first-order valence-corrected chi connectivity index (χ1v) is 7.42. The number of aromatic nitrogens is 2. The number of rotatable bonds is 3. The highest BCUT2D eigenvalue weighted by Crippen LogP contribution is 2.48. The van der Waals surface area contributed by atoms with Crippen LogP contribution in [0.1, 0.15) is 25.7 Å². The second-order valence-electron chi connectivity index (χ2n) is 5.72. The monoisotopic (exact) mass is 310 g/mol. The van der Waals surface area contributed by atoms with E-state index >= 15 is 0 Å². The highest BCUT2D eigenvalue weighted by atomic mass is 79.9. The topological polar surface area (TPSA) is 55.0 Å². The van der Waals surface area contributed by atoms with Gasteiger partial charge in [-0.15, -0.1) is 0 Å². The van der Waals surface area contributed by atoms with E-state index in [2.05, 4.69) is 37.8 Å². The lowest BCUT2D eigenvalue weighted by atomic mass is 9.88. The van der Waals surface area contributed by atoms with Crippen molar-refractivity contribution in [2.75, 3.05) is 24.2 Å². The van der Waals surface area contributed by atoms with E-state index in [-0.39, 0.29) is 0 Å². The maximum atomic E-state index is 5.66. The highest BCUT2D eigenvalue weighted by molar-refractivity contribution is 9.10. The SMILES string of the molecule is CN(CC1CC2CCC1C2)c1nc(N)ncc1Br. The van der Waals surface area contributed by atoms with Crippen LogP contribution in [0.15, 0.2) is 10.7 Å². The van der Waals surface area contributed by atoms with Crippen molar-refractivity contribution in [3.8, 4) is 0 Å². The Morgan fingerprint density at radius 3 is 2.94 bits per heavy atom. The second-order valence-corrected chi connectivity index (χ2v) is 6.57. The minimum Gasteiger partial charge on any atom is -0.368 e. The lowest BCUT2D eigenvalue weighted by Gasteiger charge is -2.28. The molecule has 1 aromatic rings. The zero-order valence-electron chi connectivity index (χ0n) is 10.6. The predicted octanol–water partition coefficient (Wildman–Crippen LogP) is 2.69. The maximum absolute atomic E-state index is 5.66. The van der Waals surface area contributed by atoms with Crippen LogP contribution in [0.2, 0.25) is 0 Å². The van der Waals surface area contributed by atoms with Crippen molar-refractivity contribution in [3.05, 3.63) is 10.7 Å². The van der Waals surface area contributed by atoms with Crippen molar-refractivity contribution in [2.45, 2.75) is 25.7 Å². The summed E-state index contributed by atoms with van der Waals surface area (Å²) in [5.74, 6) is 4.01. The summed E-state index contributed by atoms with van der Waals surface area (Å²) in [6, 6.07) is 0. The average molecular weight is 311 g/mol. The van der Waals surface area contributed by atoms with Gasteiger partial charge in [0.1, 0.15) is 5.82 Å². The number of fused-ring (bicyclic) bond motifs is 2. The number of nitrogens with zero attached hydrogens (tertiary/aromatic N) is 3. The standard InChI is InChI=1S/C13H19BrN4/c1-18(12-11(14)6-16-13(15)17-12)7-10-5-8-2-3-9(10)4-8/h6,8-10H,2-5,7H2,1H3,(H2,15,16,17). The number of nitrogen functional groups attached to an aromatic ring is 1. The molecule has 3 rings (SSSR count). The Kier molecular flexibility index (Phi) is 3.18. The zero-order valence-corrected chi connectivity index (χ0v) is 12.2. The van der Waals surface area contributed by atoms with Crippen LogP contribution in [0.4, 0.5) is 11.8 Å². The lowest BCUT2D eigenvalue weighted by Crippen LogP contribution is -2.29. The molecule has 4 nitrogen and oxygen atoms in total. The van der Waals surface area contributed by atoms with Gasteiger partial charge in [-0.25, -0.2) is 4.98 Å². The first-order chi connectivity index (χ1) is 8.63. The van der Waals surface area contributed by atoms with E-state index < -0.39 is 0 Å². The molecule has 1 aromatic heterocycles. The van der Waals surface area contributed by atoms with Gasteiger partial charge in [0, 0.05) is 19.8 Å². The molecule has 0 amide bonds.